The lowest BCUT2D eigenvalue weighted by molar-refractivity contribution is 1.53. The number of fused-ring (bicyclic) bond motifs is 24. The van der Waals surface area contributed by atoms with Crippen LogP contribution in [0.3, 0.4) is 0 Å². The number of nitrogens with one attached hydrogen (secondary N) is 2. The van der Waals surface area contributed by atoms with Crippen LogP contribution in [0.4, 0.5) is 0 Å². The number of benzene rings is 8. The molecule has 0 saturated carbocycles. The number of hydrogen-bond donors (Lipinski definition) is 2. The molecule has 4 heterocycles. The molecule has 240 valence electrons. The van der Waals surface area contributed by atoms with Crippen molar-refractivity contribution in [2.45, 2.75) is 0 Å². The number of aromatic amines is 2. The summed E-state index contributed by atoms with van der Waals surface area (Å²) in [5.41, 5.74) is 15.0. The van der Waals surface area contributed by atoms with Crippen molar-refractivity contribution in [2.24, 2.45) is 0 Å². The third kappa shape index (κ3) is 3.39. The number of para-hydroxylation sites is 2. The first kappa shape index (κ1) is 27.5. The predicted octanol–water partition coefficient (Wildman–Crippen LogP) is 14.7. The maximum atomic E-state index is 3.81. The lowest BCUT2D eigenvalue weighted by Crippen LogP contribution is -1.99. The van der Waals surface area contributed by atoms with E-state index in [2.05, 4.69) is 156 Å². The van der Waals surface area contributed by atoms with Crippen molar-refractivity contribution in [1.82, 2.24) is 9.97 Å². The highest BCUT2D eigenvalue weighted by atomic mass is 32.1. The number of H-pyrrole nitrogens is 2. The summed E-state index contributed by atoms with van der Waals surface area (Å²) in [4.78, 5) is 7.61. The first-order valence-corrected chi connectivity index (χ1v) is 19.4. The lowest BCUT2D eigenvalue weighted by Gasteiger charge is -2.26. The van der Waals surface area contributed by atoms with E-state index in [1.54, 1.807) is 0 Å². The van der Waals surface area contributed by atoms with Crippen LogP contribution < -0.4 is 0 Å². The van der Waals surface area contributed by atoms with Gasteiger partial charge in [-0.2, -0.15) is 0 Å². The largest absolute Gasteiger partial charge is 0.354 e. The third-order valence-corrected chi connectivity index (χ3v) is 13.8. The van der Waals surface area contributed by atoms with Gasteiger partial charge in [-0.05, 0) is 70.8 Å². The summed E-state index contributed by atoms with van der Waals surface area (Å²) in [6.45, 7) is 0. The summed E-state index contributed by atoms with van der Waals surface area (Å²) in [5.74, 6) is 0. The predicted molar refractivity (Wildman–Crippen MR) is 226 cm³/mol. The molecule has 0 atom stereocenters. The number of aromatic nitrogens is 2. The van der Waals surface area contributed by atoms with Gasteiger partial charge in [-0.25, -0.2) is 0 Å². The zero-order chi connectivity index (χ0) is 33.7. The molecule has 0 saturated heterocycles. The Morgan fingerprint density at radius 2 is 0.635 bits per heavy atom. The summed E-state index contributed by atoms with van der Waals surface area (Å²) in [6, 6.07) is 54.6. The molecule has 0 radical (unpaired) electrons. The van der Waals surface area contributed by atoms with E-state index >= 15 is 0 Å². The molecule has 8 aromatic carbocycles. The fourth-order valence-corrected chi connectivity index (χ4v) is 11.7. The molecule has 0 unspecified atom stereocenters. The Hall–Kier alpha value is -6.20. The molecule has 1 aliphatic rings. The van der Waals surface area contributed by atoms with Crippen LogP contribution in [-0.4, -0.2) is 9.97 Å². The van der Waals surface area contributed by atoms with Gasteiger partial charge in [0.05, 0.1) is 0 Å². The average molecular weight is 695 g/mol. The van der Waals surface area contributed by atoms with Crippen LogP contribution in [0, 0.1) is 0 Å². The molecule has 1 aliphatic carbocycles. The van der Waals surface area contributed by atoms with Gasteiger partial charge in [0.25, 0.3) is 0 Å². The maximum Gasteiger partial charge on any atom is 0.0471 e. The van der Waals surface area contributed by atoms with Crippen LogP contribution >= 0.6 is 22.7 Å². The Kier molecular flexibility index (Phi) is 5.17. The van der Waals surface area contributed by atoms with E-state index in [-0.39, 0.29) is 0 Å². The normalized spacial score (nSPS) is 12.6. The summed E-state index contributed by atoms with van der Waals surface area (Å²) < 4.78 is 5.28. The Balaban J connectivity index is 1.37. The van der Waals surface area contributed by atoms with Crippen LogP contribution in [0.5, 0.6) is 0 Å². The summed E-state index contributed by atoms with van der Waals surface area (Å²) in [7, 11) is 0. The number of thiophene rings is 2. The molecule has 0 fully saturated rings. The Labute approximate surface area is 305 Å². The first-order chi connectivity index (χ1) is 25.8. The van der Waals surface area contributed by atoms with Crippen molar-refractivity contribution >= 4 is 107 Å². The molecule has 0 bridgehead atoms. The molecule has 13 rings (SSSR count). The molecule has 0 amide bonds. The van der Waals surface area contributed by atoms with Gasteiger partial charge >= 0.3 is 0 Å². The Morgan fingerprint density at radius 3 is 1.10 bits per heavy atom. The SMILES string of the molecule is c1ccc2c(c1)[nH]c1ccc3c(c12)-c1c(ccc2sc4ccccc4c12)-c1ccc2sc4ccccc4c2c1-c1c-3ccc2[nH]c3ccccc3c12. The monoisotopic (exact) mass is 694 g/mol. The molecular formula is C48H26N2S2. The molecule has 0 spiro atoms. The van der Waals surface area contributed by atoms with E-state index in [0.29, 0.717) is 0 Å². The molecule has 2 nitrogen and oxygen atoms in total. The maximum absolute atomic E-state index is 3.81. The molecule has 0 aliphatic heterocycles. The first-order valence-electron chi connectivity index (χ1n) is 17.8. The van der Waals surface area contributed by atoms with E-state index in [1.807, 2.05) is 22.7 Å². The van der Waals surface area contributed by atoms with Crippen LogP contribution in [0.25, 0.3) is 128 Å². The lowest BCUT2D eigenvalue weighted by atomic mass is 9.76. The van der Waals surface area contributed by atoms with Crippen LogP contribution in [0.1, 0.15) is 0 Å². The molecule has 12 aromatic rings. The van der Waals surface area contributed by atoms with Gasteiger partial charge in [0.2, 0.25) is 0 Å². The highest BCUT2D eigenvalue weighted by Crippen LogP contribution is 2.58. The Morgan fingerprint density at radius 1 is 0.269 bits per heavy atom. The topological polar surface area (TPSA) is 31.6 Å². The molecule has 52 heavy (non-hydrogen) atoms. The van der Waals surface area contributed by atoms with E-state index in [9.17, 15) is 0 Å². The van der Waals surface area contributed by atoms with Crippen molar-refractivity contribution in [3.05, 3.63) is 146 Å². The summed E-state index contributed by atoms with van der Waals surface area (Å²) in [6.07, 6.45) is 0. The quantitative estimate of drug-likeness (QED) is 0.158. The van der Waals surface area contributed by atoms with E-state index in [1.165, 1.54) is 106 Å². The van der Waals surface area contributed by atoms with Crippen molar-refractivity contribution in [3.8, 4) is 44.5 Å². The van der Waals surface area contributed by atoms with Gasteiger partial charge in [0.15, 0.2) is 0 Å². The summed E-state index contributed by atoms with van der Waals surface area (Å²) >= 11 is 3.80. The van der Waals surface area contributed by atoms with Crippen LogP contribution in [0.15, 0.2) is 146 Å². The fraction of sp³-hybridized carbons (Fsp3) is 0. The van der Waals surface area contributed by atoms with Crippen molar-refractivity contribution in [1.29, 1.82) is 0 Å². The zero-order valence-electron chi connectivity index (χ0n) is 27.7. The smallest absolute Gasteiger partial charge is 0.0471 e. The minimum absolute atomic E-state index is 1.16. The van der Waals surface area contributed by atoms with Crippen molar-refractivity contribution in [3.63, 3.8) is 0 Å². The highest BCUT2D eigenvalue weighted by Gasteiger charge is 2.31. The number of hydrogen-bond acceptors (Lipinski definition) is 2. The van der Waals surface area contributed by atoms with Gasteiger partial charge in [-0.3, -0.25) is 0 Å². The standard InChI is InChI=1S/C48H26N2S2/c1-5-13-33-29(9-1)41-35(49-33)21-17-25-26-18-22-36-42(30-10-2-6-14-34(30)50-36)46(26)48-28(20-24-40-44(48)32-12-4-8-16-38(32)52-40)27-19-23-39-43(47(27)45(25)41)31-11-3-7-15-37(31)51-39/h1-24,49-50H. The second-order valence-electron chi connectivity index (χ2n) is 14.1. The van der Waals surface area contributed by atoms with Gasteiger partial charge in [-0.1, -0.05) is 97.1 Å². The average Bonchev–Trinajstić information content (AvgIpc) is 3.96. The third-order valence-electron chi connectivity index (χ3n) is 11.5. The zero-order valence-corrected chi connectivity index (χ0v) is 29.3. The molecular weight excluding hydrogens is 669 g/mol. The highest BCUT2D eigenvalue weighted by molar-refractivity contribution is 7.26. The van der Waals surface area contributed by atoms with Crippen LogP contribution in [0.2, 0.25) is 0 Å². The van der Waals surface area contributed by atoms with Crippen molar-refractivity contribution in [2.75, 3.05) is 0 Å². The molecule has 4 heteroatoms. The second kappa shape index (κ2) is 9.77. The van der Waals surface area contributed by atoms with E-state index in [4.69, 9.17) is 0 Å². The second-order valence-corrected chi connectivity index (χ2v) is 16.2. The van der Waals surface area contributed by atoms with Gasteiger partial charge in [0.1, 0.15) is 0 Å². The van der Waals surface area contributed by atoms with Crippen molar-refractivity contribution < 1.29 is 0 Å². The molecule has 4 aromatic heterocycles. The van der Waals surface area contributed by atoms with E-state index < -0.39 is 0 Å². The molecule has 2 N–H and O–H groups in total. The van der Waals surface area contributed by atoms with Gasteiger partial charge in [0, 0.05) is 106 Å². The minimum atomic E-state index is 1.16. The Bertz CT molecular complexity index is 3060. The minimum Gasteiger partial charge on any atom is -0.354 e. The fourth-order valence-electron chi connectivity index (χ4n) is 9.45. The van der Waals surface area contributed by atoms with Gasteiger partial charge < -0.3 is 9.97 Å². The summed E-state index contributed by atoms with van der Waals surface area (Å²) in [5, 5.41) is 10.4. The number of rotatable bonds is 0. The van der Waals surface area contributed by atoms with Gasteiger partial charge in [-0.15, -0.1) is 22.7 Å². The van der Waals surface area contributed by atoms with Crippen LogP contribution in [-0.2, 0) is 0 Å². The van der Waals surface area contributed by atoms with E-state index in [0.717, 1.165) is 22.1 Å².